The van der Waals surface area contributed by atoms with Crippen LogP contribution in [0.1, 0.15) is 33.5 Å². The van der Waals surface area contributed by atoms with Crippen LogP contribution in [0.25, 0.3) is 0 Å². The fourth-order valence-electron chi connectivity index (χ4n) is 3.45. The molecule has 7 heteroatoms. The number of carbonyl (C=O) groups is 1. The van der Waals surface area contributed by atoms with Crippen molar-refractivity contribution in [2.24, 2.45) is 0 Å². The summed E-state index contributed by atoms with van der Waals surface area (Å²) in [6, 6.07) is 7.92. The number of benzene rings is 1. The number of carbonyl (C=O) groups excluding carboxylic acids is 1. The van der Waals surface area contributed by atoms with Gasteiger partial charge in [0.2, 0.25) is 0 Å². The smallest absolute Gasteiger partial charge is 0.253 e. The van der Waals surface area contributed by atoms with Crippen LogP contribution in [0.2, 0.25) is 0 Å². The molecule has 0 saturated carbocycles. The summed E-state index contributed by atoms with van der Waals surface area (Å²) >= 11 is 1.74. The lowest BCUT2D eigenvalue weighted by molar-refractivity contribution is 0.0627. The van der Waals surface area contributed by atoms with Gasteiger partial charge in [0.25, 0.3) is 5.91 Å². The van der Waals surface area contributed by atoms with Crippen molar-refractivity contribution in [3.05, 3.63) is 70.2 Å². The molecule has 0 N–H and O–H groups in total. The van der Waals surface area contributed by atoms with Crippen molar-refractivity contribution in [1.82, 2.24) is 24.3 Å². The van der Waals surface area contributed by atoms with Crippen molar-refractivity contribution in [3.63, 3.8) is 0 Å². The third-order valence-electron chi connectivity index (χ3n) is 5.07. The van der Waals surface area contributed by atoms with Crippen molar-refractivity contribution < 1.29 is 4.79 Å². The van der Waals surface area contributed by atoms with Crippen LogP contribution in [0.5, 0.6) is 0 Å². The van der Waals surface area contributed by atoms with Gasteiger partial charge in [0.15, 0.2) is 0 Å². The van der Waals surface area contributed by atoms with Gasteiger partial charge in [-0.05, 0) is 24.1 Å². The first-order valence-corrected chi connectivity index (χ1v) is 10.6. The maximum atomic E-state index is 12.8. The molecule has 6 nitrogen and oxygen atoms in total. The molecule has 0 radical (unpaired) electrons. The quantitative estimate of drug-likeness (QED) is 0.644. The van der Waals surface area contributed by atoms with Gasteiger partial charge in [-0.15, -0.1) is 11.3 Å². The Bertz CT molecular complexity index is 895. The van der Waals surface area contributed by atoms with Crippen molar-refractivity contribution in [1.29, 1.82) is 0 Å². The lowest BCUT2D eigenvalue weighted by Gasteiger charge is -2.34. The van der Waals surface area contributed by atoms with Crippen LogP contribution >= 0.6 is 11.3 Å². The molecule has 3 aromatic rings. The summed E-state index contributed by atoms with van der Waals surface area (Å²) in [5.74, 6) is 0.121. The second-order valence-corrected chi connectivity index (χ2v) is 8.03. The molecule has 28 heavy (non-hydrogen) atoms. The van der Waals surface area contributed by atoms with Crippen molar-refractivity contribution in [2.75, 3.05) is 26.2 Å². The topological polar surface area (TPSA) is 54.3 Å². The van der Waals surface area contributed by atoms with Crippen LogP contribution < -0.4 is 0 Å². The Labute approximate surface area is 169 Å². The average Bonchev–Trinajstić information content (AvgIpc) is 3.40. The molecule has 0 bridgehead atoms. The summed E-state index contributed by atoms with van der Waals surface area (Å²) in [5, 5.41) is 3.35. The maximum Gasteiger partial charge on any atom is 0.253 e. The molecule has 146 valence electrons. The third kappa shape index (κ3) is 4.48. The Balaban J connectivity index is 1.29. The molecule has 1 amide bonds. The largest absolute Gasteiger partial charge is 0.336 e. The van der Waals surface area contributed by atoms with Gasteiger partial charge in [0.1, 0.15) is 0 Å². The SMILES string of the molecule is CCc1nc(CN2CCN(C(=O)c3ccc(Cn4ccnc4)cc3)CC2)cs1. The van der Waals surface area contributed by atoms with E-state index in [-0.39, 0.29) is 5.91 Å². The summed E-state index contributed by atoms with van der Waals surface area (Å²) in [7, 11) is 0. The van der Waals surface area contributed by atoms with Crippen LogP contribution in [0.15, 0.2) is 48.4 Å². The van der Waals surface area contributed by atoms with Crippen molar-refractivity contribution >= 4 is 17.2 Å². The van der Waals surface area contributed by atoms with Gasteiger partial charge in [-0.1, -0.05) is 19.1 Å². The zero-order valence-electron chi connectivity index (χ0n) is 16.1. The van der Waals surface area contributed by atoms with E-state index in [1.165, 1.54) is 5.01 Å². The summed E-state index contributed by atoms with van der Waals surface area (Å²) in [6.07, 6.45) is 6.50. The average molecular weight is 396 g/mol. The Morgan fingerprint density at radius 3 is 2.54 bits per heavy atom. The van der Waals surface area contributed by atoms with E-state index in [2.05, 4.69) is 27.2 Å². The predicted molar refractivity (Wildman–Crippen MR) is 110 cm³/mol. The van der Waals surface area contributed by atoms with Crippen LogP contribution in [0, 0.1) is 0 Å². The van der Waals surface area contributed by atoms with Gasteiger partial charge < -0.3 is 9.47 Å². The third-order valence-corrected chi connectivity index (χ3v) is 6.11. The Kier molecular flexibility index (Phi) is 5.83. The molecule has 1 fully saturated rings. The van der Waals surface area contributed by atoms with Gasteiger partial charge in [0.05, 0.1) is 17.0 Å². The Morgan fingerprint density at radius 1 is 1.11 bits per heavy atom. The standard InChI is InChI=1S/C21H25N5OS/c1-2-20-23-19(15-28-20)14-24-9-11-26(12-10-24)21(27)18-5-3-17(4-6-18)13-25-8-7-22-16-25/h3-8,15-16H,2,9-14H2,1H3. The van der Waals surface area contributed by atoms with Gasteiger partial charge in [0, 0.05) is 62.6 Å². The first-order valence-electron chi connectivity index (χ1n) is 9.71. The number of piperazine rings is 1. The van der Waals surface area contributed by atoms with Gasteiger partial charge in [-0.25, -0.2) is 9.97 Å². The molecule has 0 aliphatic carbocycles. The highest BCUT2D eigenvalue weighted by Crippen LogP contribution is 2.15. The minimum atomic E-state index is 0.121. The zero-order valence-corrected chi connectivity index (χ0v) is 16.9. The van der Waals surface area contributed by atoms with Gasteiger partial charge in [-0.3, -0.25) is 9.69 Å². The van der Waals surface area contributed by atoms with Crippen molar-refractivity contribution in [3.8, 4) is 0 Å². The lowest BCUT2D eigenvalue weighted by Crippen LogP contribution is -2.48. The summed E-state index contributed by atoms with van der Waals surface area (Å²) < 4.78 is 2.02. The van der Waals surface area contributed by atoms with E-state index in [0.29, 0.717) is 0 Å². The zero-order chi connectivity index (χ0) is 19.3. The lowest BCUT2D eigenvalue weighted by atomic mass is 10.1. The van der Waals surface area contributed by atoms with E-state index >= 15 is 0 Å². The predicted octanol–water partition coefficient (Wildman–Crippen LogP) is 2.91. The number of nitrogens with zero attached hydrogens (tertiary/aromatic N) is 5. The number of aryl methyl sites for hydroxylation is 1. The van der Waals surface area contributed by atoms with Crippen LogP contribution in [0.4, 0.5) is 0 Å². The van der Waals surface area contributed by atoms with Crippen LogP contribution in [-0.4, -0.2) is 56.4 Å². The van der Waals surface area contributed by atoms with E-state index in [1.54, 1.807) is 23.9 Å². The monoisotopic (exact) mass is 395 g/mol. The molecule has 1 aliphatic rings. The number of thiazole rings is 1. The number of amides is 1. The number of hydrogen-bond donors (Lipinski definition) is 0. The normalized spacial score (nSPS) is 15.1. The van der Waals surface area contributed by atoms with E-state index in [0.717, 1.165) is 62.5 Å². The second-order valence-electron chi connectivity index (χ2n) is 7.09. The molecule has 1 aliphatic heterocycles. The minimum absolute atomic E-state index is 0.121. The van der Waals surface area contributed by atoms with E-state index in [1.807, 2.05) is 39.9 Å². The molecule has 3 heterocycles. The first-order chi connectivity index (χ1) is 13.7. The Hall–Kier alpha value is -2.51. The number of hydrogen-bond acceptors (Lipinski definition) is 5. The van der Waals surface area contributed by atoms with E-state index in [9.17, 15) is 4.79 Å². The van der Waals surface area contributed by atoms with Crippen LogP contribution in [0.3, 0.4) is 0 Å². The molecule has 1 saturated heterocycles. The molecule has 1 aromatic carbocycles. The summed E-state index contributed by atoms with van der Waals surface area (Å²) in [4.78, 5) is 25.9. The Morgan fingerprint density at radius 2 is 1.89 bits per heavy atom. The summed E-state index contributed by atoms with van der Waals surface area (Å²) in [6.45, 7) is 7.09. The number of aromatic nitrogens is 3. The fourth-order valence-corrected chi connectivity index (χ4v) is 4.18. The molecule has 4 rings (SSSR count). The first kappa shape index (κ1) is 18.8. The molecule has 0 atom stereocenters. The molecule has 0 spiro atoms. The minimum Gasteiger partial charge on any atom is -0.336 e. The molecule has 0 unspecified atom stereocenters. The molecule has 2 aromatic heterocycles. The molecular formula is C21H25N5OS. The highest BCUT2D eigenvalue weighted by Gasteiger charge is 2.22. The fraction of sp³-hybridized carbons (Fsp3) is 0.381. The second kappa shape index (κ2) is 8.67. The van der Waals surface area contributed by atoms with E-state index < -0.39 is 0 Å². The number of rotatable bonds is 6. The summed E-state index contributed by atoms with van der Waals surface area (Å²) in [5.41, 5.74) is 3.07. The van der Waals surface area contributed by atoms with Crippen LogP contribution in [-0.2, 0) is 19.5 Å². The van der Waals surface area contributed by atoms with Gasteiger partial charge >= 0.3 is 0 Å². The highest BCUT2D eigenvalue weighted by molar-refractivity contribution is 7.09. The maximum absolute atomic E-state index is 12.8. The van der Waals surface area contributed by atoms with Gasteiger partial charge in [-0.2, -0.15) is 0 Å². The van der Waals surface area contributed by atoms with Crippen molar-refractivity contribution in [2.45, 2.75) is 26.4 Å². The molecular weight excluding hydrogens is 370 g/mol. The highest BCUT2D eigenvalue weighted by atomic mass is 32.1. The van der Waals surface area contributed by atoms with E-state index in [4.69, 9.17) is 0 Å². The number of imidazole rings is 1.